The van der Waals surface area contributed by atoms with Crippen molar-refractivity contribution in [3.05, 3.63) is 0 Å². The number of ether oxygens (including phenoxy) is 1. The number of hydrogen-bond acceptors (Lipinski definition) is 4. The molecule has 0 bridgehead atoms. The molecule has 2 N–H and O–H groups in total. The van der Waals surface area contributed by atoms with E-state index in [-0.39, 0.29) is 24.4 Å². The van der Waals surface area contributed by atoms with Gasteiger partial charge in [-0.1, -0.05) is 6.42 Å². The van der Waals surface area contributed by atoms with Crippen LogP contribution in [-0.4, -0.2) is 37.1 Å². The fraction of sp³-hybridized carbons (Fsp3) is 0.833. The first kappa shape index (κ1) is 12.4. The van der Waals surface area contributed by atoms with Crippen molar-refractivity contribution in [2.75, 3.05) is 13.1 Å². The molecular weight excluding hydrogens is 220 g/mol. The Balaban J connectivity index is 1.74. The first-order valence-electron chi connectivity index (χ1n) is 6.46. The van der Waals surface area contributed by atoms with Gasteiger partial charge in [0.05, 0.1) is 12.5 Å². The summed E-state index contributed by atoms with van der Waals surface area (Å²) in [4.78, 5) is 23.1. The van der Waals surface area contributed by atoms with E-state index in [4.69, 9.17) is 4.74 Å². The molecule has 96 valence electrons. The Hall–Kier alpha value is -1.10. The fourth-order valence-electron chi connectivity index (χ4n) is 2.40. The lowest BCUT2D eigenvalue weighted by Gasteiger charge is -2.25. The van der Waals surface area contributed by atoms with E-state index in [1.54, 1.807) is 0 Å². The maximum absolute atomic E-state index is 11.7. The summed E-state index contributed by atoms with van der Waals surface area (Å²) >= 11 is 0. The standard InChI is InChI=1S/C12H20N2O3/c15-11(17-9-4-2-1-3-5-9)8-10-12(16)14-7-6-13-10/h9-10,13H,1-8H2,(H,14,16)/t10-/m1/s1. The smallest absolute Gasteiger partial charge is 0.308 e. The first-order chi connectivity index (χ1) is 8.25. The second kappa shape index (κ2) is 6.00. The summed E-state index contributed by atoms with van der Waals surface area (Å²) in [7, 11) is 0. The normalized spacial score (nSPS) is 26.4. The van der Waals surface area contributed by atoms with Crippen LogP contribution in [0, 0.1) is 0 Å². The molecule has 0 aromatic rings. The zero-order valence-electron chi connectivity index (χ0n) is 10.0. The molecule has 5 nitrogen and oxygen atoms in total. The summed E-state index contributed by atoms with van der Waals surface area (Å²) in [6.07, 6.45) is 5.66. The van der Waals surface area contributed by atoms with Crippen molar-refractivity contribution in [2.24, 2.45) is 0 Å². The molecule has 1 saturated heterocycles. The van der Waals surface area contributed by atoms with Gasteiger partial charge in [0.1, 0.15) is 6.10 Å². The Morgan fingerprint density at radius 3 is 2.71 bits per heavy atom. The Kier molecular flexibility index (Phi) is 4.36. The molecule has 2 rings (SSSR count). The maximum atomic E-state index is 11.7. The number of rotatable bonds is 3. The van der Waals surface area contributed by atoms with E-state index in [0.29, 0.717) is 13.1 Å². The molecule has 2 fully saturated rings. The van der Waals surface area contributed by atoms with E-state index in [1.807, 2.05) is 0 Å². The topological polar surface area (TPSA) is 67.4 Å². The molecule has 1 aliphatic heterocycles. The van der Waals surface area contributed by atoms with E-state index in [2.05, 4.69) is 10.6 Å². The highest BCUT2D eigenvalue weighted by molar-refractivity contribution is 5.87. The molecule has 0 radical (unpaired) electrons. The third kappa shape index (κ3) is 3.70. The van der Waals surface area contributed by atoms with Crippen molar-refractivity contribution in [2.45, 2.75) is 50.7 Å². The van der Waals surface area contributed by atoms with E-state index in [1.165, 1.54) is 6.42 Å². The van der Waals surface area contributed by atoms with Crippen LogP contribution in [0.4, 0.5) is 0 Å². The number of piperazine rings is 1. The third-order valence-corrected chi connectivity index (χ3v) is 3.35. The quantitative estimate of drug-likeness (QED) is 0.698. The van der Waals surface area contributed by atoms with E-state index in [9.17, 15) is 9.59 Å². The molecule has 0 aromatic heterocycles. The SMILES string of the molecule is O=C(C[C@H]1NCCNC1=O)OC1CCCCC1. The summed E-state index contributed by atoms with van der Waals surface area (Å²) in [5, 5.41) is 5.76. The number of carbonyl (C=O) groups is 2. The highest BCUT2D eigenvalue weighted by atomic mass is 16.5. The third-order valence-electron chi connectivity index (χ3n) is 3.35. The van der Waals surface area contributed by atoms with Crippen LogP contribution in [0.3, 0.4) is 0 Å². The van der Waals surface area contributed by atoms with Gasteiger partial charge in [-0.2, -0.15) is 0 Å². The van der Waals surface area contributed by atoms with Crippen molar-refractivity contribution in [3.63, 3.8) is 0 Å². The molecule has 0 unspecified atom stereocenters. The second-order valence-electron chi connectivity index (χ2n) is 4.75. The van der Waals surface area contributed by atoms with Crippen LogP contribution in [0.1, 0.15) is 38.5 Å². The lowest BCUT2D eigenvalue weighted by Crippen LogP contribution is -2.53. The van der Waals surface area contributed by atoms with Gasteiger partial charge in [-0.3, -0.25) is 9.59 Å². The van der Waals surface area contributed by atoms with Gasteiger partial charge in [0, 0.05) is 13.1 Å². The molecule has 0 aromatic carbocycles. The van der Waals surface area contributed by atoms with E-state index >= 15 is 0 Å². The number of amides is 1. The van der Waals surface area contributed by atoms with Gasteiger partial charge in [0.2, 0.25) is 5.91 Å². The van der Waals surface area contributed by atoms with Crippen LogP contribution in [-0.2, 0) is 14.3 Å². The molecule has 17 heavy (non-hydrogen) atoms. The molecule has 1 amide bonds. The molecular formula is C12H20N2O3. The van der Waals surface area contributed by atoms with Gasteiger partial charge in [0.25, 0.3) is 0 Å². The first-order valence-corrected chi connectivity index (χ1v) is 6.46. The monoisotopic (exact) mass is 240 g/mol. The Morgan fingerprint density at radius 2 is 2.00 bits per heavy atom. The van der Waals surface area contributed by atoms with Crippen molar-refractivity contribution < 1.29 is 14.3 Å². The van der Waals surface area contributed by atoms with Crippen molar-refractivity contribution >= 4 is 11.9 Å². The Morgan fingerprint density at radius 1 is 1.24 bits per heavy atom. The number of nitrogens with one attached hydrogen (secondary N) is 2. The van der Waals surface area contributed by atoms with Crippen LogP contribution in [0.2, 0.25) is 0 Å². The van der Waals surface area contributed by atoms with Crippen molar-refractivity contribution in [3.8, 4) is 0 Å². The van der Waals surface area contributed by atoms with E-state index in [0.717, 1.165) is 25.7 Å². The zero-order valence-corrected chi connectivity index (χ0v) is 10.0. The molecule has 1 saturated carbocycles. The summed E-state index contributed by atoms with van der Waals surface area (Å²) in [6, 6.07) is -0.417. The van der Waals surface area contributed by atoms with Crippen molar-refractivity contribution in [1.29, 1.82) is 0 Å². The zero-order chi connectivity index (χ0) is 12.1. The van der Waals surface area contributed by atoms with Crippen LogP contribution in [0.15, 0.2) is 0 Å². The largest absolute Gasteiger partial charge is 0.462 e. The highest BCUT2D eigenvalue weighted by Crippen LogP contribution is 2.20. The van der Waals surface area contributed by atoms with Gasteiger partial charge in [0.15, 0.2) is 0 Å². The minimum atomic E-state index is -0.417. The second-order valence-corrected chi connectivity index (χ2v) is 4.75. The molecule has 0 spiro atoms. The average molecular weight is 240 g/mol. The molecule has 5 heteroatoms. The van der Waals surface area contributed by atoms with Gasteiger partial charge < -0.3 is 15.4 Å². The number of hydrogen-bond donors (Lipinski definition) is 2. The Bertz CT molecular complexity index is 287. The molecule has 1 aliphatic carbocycles. The van der Waals surface area contributed by atoms with Gasteiger partial charge in [-0.05, 0) is 25.7 Å². The minimum absolute atomic E-state index is 0.0721. The number of carbonyl (C=O) groups excluding carboxylic acids is 2. The van der Waals surface area contributed by atoms with Crippen LogP contribution >= 0.6 is 0 Å². The summed E-state index contributed by atoms with van der Waals surface area (Å²) in [5.74, 6) is -0.358. The minimum Gasteiger partial charge on any atom is -0.462 e. The lowest BCUT2D eigenvalue weighted by atomic mass is 9.98. The maximum Gasteiger partial charge on any atom is 0.308 e. The summed E-state index contributed by atoms with van der Waals surface area (Å²) in [6.45, 7) is 1.35. The summed E-state index contributed by atoms with van der Waals surface area (Å²) < 4.78 is 5.38. The van der Waals surface area contributed by atoms with E-state index < -0.39 is 6.04 Å². The highest BCUT2D eigenvalue weighted by Gasteiger charge is 2.26. The average Bonchev–Trinajstić information content (AvgIpc) is 2.33. The predicted octanol–water partition coefficient (Wildman–Crippen LogP) is 0.340. The van der Waals surface area contributed by atoms with Crippen LogP contribution in [0.25, 0.3) is 0 Å². The number of esters is 1. The Labute approximate surface area is 101 Å². The molecule has 2 aliphatic rings. The van der Waals surface area contributed by atoms with Crippen molar-refractivity contribution in [1.82, 2.24) is 10.6 Å². The van der Waals surface area contributed by atoms with Crippen LogP contribution < -0.4 is 10.6 Å². The predicted molar refractivity (Wildman–Crippen MR) is 62.4 cm³/mol. The fourth-order valence-corrected chi connectivity index (χ4v) is 2.40. The van der Waals surface area contributed by atoms with Crippen LogP contribution in [0.5, 0.6) is 0 Å². The molecule has 1 atom stereocenters. The summed E-state index contributed by atoms with van der Waals surface area (Å²) in [5.41, 5.74) is 0. The molecule has 1 heterocycles. The van der Waals surface area contributed by atoms with Gasteiger partial charge in [-0.15, -0.1) is 0 Å². The van der Waals surface area contributed by atoms with Gasteiger partial charge >= 0.3 is 5.97 Å². The van der Waals surface area contributed by atoms with Gasteiger partial charge in [-0.25, -0.2) is 0 Å². The lowest BCUT2D eigenvalue weighted by molar-refractivity contribution is -0.152.